The standard InChI is InChI=1S/C28H38N4O2/c1-19(2)32(20(3)4)28(33)34-18-30-13-12-27-25(17-30)24-15-21(5)7-10-26(24)31(27)14-11-23-9-8-22(6)29-16-23/h7-10,15-16,19-20H,11-14,17-18H2,1-6H3. The van der Waals surface area contributed by atoms with Crippen molar-refractivity contribution in [3.63, 3.8) is 0 Å². The summed E-state index contributed by atoms with van der Waals surface area (Å²) in [6, 6.07) is 11.2. The molecule has 0 saturated carbocycles. The van der Waals surface area contributed by atoms with E-state index in [1.54, 1.807) is 4.90 Å². The van der Waals surface area contributed by atoms with E-state index in [1.165, 1.54) is 33.3 Å². The van der Waals surface area contributed by atoms with E-state index in [0.29, 0.717) is 6.73 Å². The van der Waals surface area contributed by atoms with Crippen molar-refractivity contribution in [2.45, 2.75) is 79.6 Å². The maximum Gasteiger partial charge on any atom is 0.411 e. The minimum atomic E-state index is -0.235. The van der Waals surface area contributed by atoms with Crippen molar-refractivity contribution in [1.82, 2.24) is 19.4 Å². The Hall–Kier alpha value is -2.86. The van der Waals surface area contributed by atoms with Crippen LogP contribution in [-0.4, -0.2) is 50.8 Å². The van der Waals surface area contributed by atoms with Crippen LogP contribution in [0.2, 0.25) is 0 Å². The Kier molecular flexibility index (Phi) is 7.27. The van der Waals surface area contributed by atoms with Crippen molar-refractivity contribution in [1.29, 1.82) is 0 Å². The van der Waals surface area contributed by atoms with E-state index >= 15 is 0 Å². The summed E-state index contributed by atoms with van der Waals surface area (Å²) in [7, 11) is 0. The topological polar surface area (TPSA) is 50.6 Å². The average molecular weight is 463 g/mol. The van der Waals surface area contributed by atoms with E-state index in [-0.39, 0.29) is 18.2 Å². The van der Waals surface area contributed by atoms with Crippen molar-refractivity contribution >= 4 is 17.0 Å². The van der Waals surface area contributed by atoms with Crippen LogP contribution >= 0.6 is 0 Å². The number of hydrogen-bond acceptors (Lipinski definition) is 4. The van der Waals surface area contributed by atoms with Crippen LogP contribution in [0.1, 0.15) is 55.8 Å². The van der Waals surface area contributed by atoms with Gasteiger partial charge in [0.1, 0.15) is 6.73 Å². The predicted octanol–water partition coefficient (Wildman–Crippen LogP) is 5.47. The number of ether oxygens (including phenoxy) is 1. The number of carbonyl (C=O) groups excluding carboxylic acids is 1. The fraction of sp³-hybridized carbons (Fsp3) is 0.500. The number of pyridine rings is 1. The van der Waals surface area contributed by atoms with E-state index in [9.17, 15) is 4.79 Å². The maximum absolute atomic E-state index is 12.7. The molecule has 0 spiro atoms. The molecule has 0 atom stereocenters. The van der Waals surface area contributed by atoms with E-state index in [0.717, 1.165) is 38.2 Å². The Bertz CT molecular complexity index is 1140. The predicted molar refractivity (Wildman–Crippen MR) is 137 cm³/mol. The highest BCUT2D eigenvalue weighted by Gasteiger charge is 2.26. The lowest BCUT2D eigenvalue weighted by Crippen LogP contribution is -2.44. The van der Waals surface area contributed by atoms with Gasteiger partial charge in [0.25, 0.3) is 0 Å². The largest absolute Gasteiger partial charge is 0.433 e. The Morgan fingerprint density at radius 1 is 1.12 bits per heavy atom. The summed E-state index contributed by atoms with van der Waals surface area (Å²) in [5, 5.41) is 1.32. The van der Waals surface area contributed by atoms with E-state index in [1.807, 2.05) is 40.8 Å². The molecule has 6 nitrogen and oxygen atoms in total. The lowest BCUT2D eigenvalue weighted by Gasteiger charge is -2.32. The number of amides is 1. The molecule has 1 aliphatic rings. The van der Waals surface area contributed by atoms with Gasteiger partial charge in [-0.25, -0.2) is 4.79 Å². The Morgan fingerprint density at radius 3 is 2.56 bits per heavy atom. The molecule has 4 rings (SSSR count). The summed E-state index contributed by atoms with van der Waals surface area (Å²) in [6.07, 6.45) is 3.66. The molecule has 34 heavy (non-hydrogen) atoms. The Balaban J connectivity index is 1.52. The number of benzene rings is 1. The first kappa shape index (κ1) is 24.3. The van der Waals surface area contributed by atoms with Gasteiger partial charge in [0.05, 0.1) is 0 Å². The van der Waals surface area contributed by atoms with Crippen LogP contribution in [-0.2, 0) is 30.7 Å². The van der Waals surface area contributed by atoms with Gasteiger partial charge in [-0.1, -0.05) is 17.7 Å². The molecule has 1 amide bonds. The molecule has 0 fully saturated rings. The molecule has 3 heterocycles. The first-order valence-corrected chi connectivity index (χ1v) is 12.4. The van der Waals surface area contributed by atoms with Crippen LogP contribution in [0.4, 0.5) is 4.79 Å². The summed E-state index contributed by atoms with van der Waals surface area (Å²) in [4.78, 5) is 21.2. The molecule has 6 heteroatoms. The van der Waals surface area contributed by atoms with Crippen LogP contribution in [0.5, 0.6) is 0 Å². The Labute approximate surface area is 203 Å². The van der Waals surface area contributed by atoms with Gasteiger partial charge in [-0.2, -0.15) is 0 Å². The summed E-state index contributed by atoms with van der Waals surface area (Å²) in [5.74, 6) is 0. The normalized spacial score (nSPS) is 14.1. The molecule has 0 aliphatic carbocycles. The summed E-state index contributed by atoms with van der Waals surface area (Å²) in [6.45, 7) is 15.2. The van der Waals surface area contributed by atoms with E-state index in [2.05, 4.69) is 51.7 Å². The first-order chi connectivity index (χ1) is 16.2. The lowest BCUT2D eigenvalue weighted by molar-refractivity contribution is 0.0260. The highest BCUT2D eigenvalue weighted by molar-refractivity contribution is 5.86. The van der Waals surface area contributed by atoms with Crippen LogP contribution in [0, 0.1) is 13.8 Å². The minimum absolute atomic E-state index is 0.116. The van der Waals surface area contributed by atoms with Gasteiger partial charge in [0.2, 0.25) is 0 Å². The van der Waals surface area contributed by atoms with Gasteiger partial charge in [-0.3, -0.25) is 9.88 Å². The van der Waals surface area contributed by atoms with E-state index in [4.69, 9.17) is 4.74 Å². The highest BCUT2D eigenvalue weighted by Crippen LogP contribution is 2.32. The van der Waals surface area contributed by atoms with Gasteiger partial charge in [0, 0.05) is 66.6 Å². The second kappa shape index (κ2) is 10.2. The first-order valence-electron chi connectivity index (χ1n) is 12.4. The van der Waals surface area contributed by atoms with Crippen molar-refractivity contribution in [3.05, 3.63) is 64.6 Å². The third kappa shape index (κ3) is 5.12. The molecule has 0 unspecified atom stereocenters. The zero-order valence-corrected chi connectivity index (χ0v) is 21.5. The maximum atomic E-state index is 12.7. The quantitative estimate of drug-likeness (QED) is 0.467. The molecule has 2 aromatic heterocycles. The SMILES string of the molecule is Cc1ccc2c(c1)c1c(n2CCc2ccc(C)nc2)CCN(COC(=O)N(C(C)C)C(C)C)C1. The van der Waals surface area contributed by atoms with Crippen molar-refractivity contribution in [2.75, 3.05) is 13.3 Å². The van der Waals surface area contributed by atoms with Crippen molar-refractivity contribution in [2.24, 2.45) is 0 Å². The van der Waals surface area contributed by atoms with Gasteiger partial charge >= 0.3 is 6.09 Å². The number of aromatic nitrogens is 2. The number of rotatable bonds is 7. The number of fused-ring (bicyclic) bond motifs is 3. The van der Waals surface area contributed by atoms with Crippen LogP contribution in [0.25, 0.3) is 10.9 Å². The molecule has 1 aromatic carbocycles. The molecule has 182 valence electrons. The van der Waals surface area contributed by atoms with Crippen LogP contribution < -0.4 is 0 Å². The molecule has 1 aliphatic heterocycles. The number of carbonyl (C=O) groups is 1. The third-order valence-corrected chi connectivity index (χ3v) is 6.78. The van der Waals surface area contributed by atoms with E-state index < -0.39 is 0 Å². The second-order valence-electron chi connectivity index (χ2n) is 10.1. The molecular weight excluding hydrogens is 424 g/mol. The summed E-state index contributed by atoms with van der Waals surface area (Å²) in [5.41, 5.74) is 7.65. The van der Waals surface area contributed by atoms with Crippen LogP contribution in [0.3, 0.4) is 0 Å². The zero-order valence-electron chi connectivity index (χ0n) is 21.5. The molecule has 0 saturated heterocycles. The smallest absolute Gasteiger partial charge is 0.411 e. The van der Waals surface area contributed by atoms with Crippen molar-refractivity contribution in [3.8, 4) is 0 Å². The molecule has 0 bridgehead atoms. The number of aryl methyl sites for hydroxylation is 4. The third-order valence-electron chi connectivity index (χ3n) is 6.78. The number of nitrogens with zero attached hydrogens (tertiary/aromatic N) is 4. The molecule has 3 aromatic rings. The highest BCUT2D eigenvalue weighted by atomic mass is 16.6. The minimum Gasteiger partial charge on any atom is -0.433 e. The van der Waals surface area contributed by atoms with Gasteiger partial charge < -0.3 is 14.2 Å². The zero-order chi connectivity index (χ0) is 24.4. The van der Waals surface area contributed by atoms with Gasteiger partial charge in [-0.05, 0) is 77.3 Å². The van der Waals surface area contributed by atoms with Crippen LogP contribution in [0.15, 0.2) is 36.5 Å². The lowest BCUT2D eigenvalue weighted by atomic mass is 10.0. The molecule has 0 N–H and O–H groups in total. The van der Waals surface area contributed by atoms with Crippen molar-refractivity contribution < 1.29 is 9.53 Å². The summed E-state index contributed by atoms with van der Waals surface area (Å²) < 4.78 is 8.23. The molecular formula is C28H38N4O2. The number of hydrogen-bond donors (Lipinski definition) is 0. The average Bonchev–Trinajstić information content (AvgIpc) is 3.09. The fourth-order valence-corrected chi connectivity index (χ4v) is 5.11. The molecule has 0 radical (unpaired) electrons. The summed E-state index contributed by atoms with van der Waals surface area (Å²) >= 11 is 0. The fourth-order valence-electron chi connectivity index (χ4n) is 5.11. The van der Waals surface area contributed by atoms with Gasteiger partial charge in [-0.15, -0.1) is 0 Å². The Morgan fingerprint density at radius 2 is 1.88 bits per heavy atom. The van der Waals surface area contributed by atoms with Gasteiger partial charge in [0.15, 0.2) is 0 Å². The second-order valence-corrected chi connectivity index (χ2v) is 10.1. The monoisotopic (exact) mass is 462 g/mol.